The highest BCUT2D eigenvalue weighted by Gasteiger charge is 2.51. The summed E-state index contributed by atoms with van der Waals surface area (Å²) in [5, 5.41) is 21.8. The maximum atomic E-state index is 14.1. The van der Waals surface area contributed by atoms with Crippen LogP contribution in [0.25, 0.3) is 0 Å². The van der Waals surface area contributed by atoms with Gasteiger partial charge in [-0.25, -0.2) is 0 Å². The zero-order valence-electron chi connectivity index (χ0n) is 19.5. The fourth-order valence-corrected chi connectivity index (χ4v) is 5.50. The summed E-state index contributed by atoms with van der Waals surface area (Å²) in [7, 11) is 0. The molecule has 0 aliphatic carbocycles. The molecule has 33 heavy (non-hydrogen) atoms. The van der Waals surface area contributed by atoms with E-state index in [9.17, 15) is 15.0 Å². The van der Waals surface area contributed by atoms with Crippen LogP contribution in [0.15, 0.2) is 61.2 Å². The number of piperidine rings is 1. The average Bonchev–Trinajstić information content (AvgIpc) is 2.74. The maximum absolute atomic E-state index is 14.1. The smallest absolute Gasteiger partial charge is 0.229 e. The SMILES string of the molecule is C=CC[C@@]1(C)C[C@H](c2cccc(Cl)c2)[C@@H](c2ccc(Cl)cc2)N([C@@H](CC)CC(C)(O)O)C1=O. The van der Waals surface area contributed by atoms with Crippen molar-refractivity contribution in [1.82, 2.24) is 4.90 Å². The largest absolute Gasteiger partial charge is 0.366 e. The van der Waals surface area contributed by atoms with Gasteiger partial charge in [-0.15, -0.1) is 6.58 Å². The van der Waals surface area contributed by atoms with Gasteiger partial charge in [0.15, 0.2) is 5.79 Å². The number of nitrogens with zero attached hydrogens (tertiary/aromatic N) is 1. The van der Waals surface area contributed by atoms with Gasteiger partial charge in [0.1, 0.15) is 0 Å². The number of carbonyl (C=O) groups excluding carboxylic acids is 1. The summed E-state index contributed by atoms with van der Waals surface area (Å²) >= 11 is 12.6. The van der Waals surface area contributed by atoms with Crippen LogP contribution in [0.1, 0.15) is 69.5 Å². The molecule has 6 heteroatoms. The monoisotopic (exact) mass is 489 g/mol. The molecule has 0 bridgehead atoms. The van der Waals surface area contributed by atoms with Gasteiger partial charge in [0, 0.05) is 28.4 Å². The molecule has 178 valence electrons. The summed E-state index contributed by atoms with van der Waals surface area (Å²) in [5.74, 6) is -1.95. The van der Waals surface area contributed by atoms with Crippen LogP contribution in [-0.4, -0.2) is 32.8 Å². The van der Waals surface area contributed by atoms with Gasteiger partial charge in [0.25, 0.3) is 0 Å². The molecule has 2 N–H and O–H groups in total. The third kappa shape index (κ3) is 5.81. The van der Waals surface area contributed by atoms with E-state index in [-0.39, 0.29) is 30.3 Å². The first-order chi connectivity index (χ1) is 15.5. The van der Waals surface area contributed by atoms with Gasteiger partial charge in [-0.3, -0.25) is 4.79 Å². The van der Waals surface area contributed by atoms with Gasteiger partial charge in [-0.1, -0.05) is 67.4 Å². The molecule has 1 aliphatic rings. The average molecular weight is 490 g/mol. The molecule has 2 aromatic rings. The Morgan fingerprint density at radius 3 is 2.39 bits per heavy atom. The number of carbonyl (C=O) groups is 1. The fourth-order valence-electron chi connectivity index (χ4n) is 5.17. The number of halogens is 2. The number of hydrogen-bond acceptors (Lipinski definition) is 3. The lowest BCUT2D eigenvalue weighted by molar-refractivity contribution is -0.175. The van der Waals surface area contributed by atoms with Gasteiger partial charge in [0.05, 0.1) is 11.5 Å². The molecular weight excluding hydrogens is 457 g/mol. The summed E-state index contributed by atoms with van der Waals surface area (Å²) in [6.45, 7) is 9.20. The lowest BCUT2D eigenvalue weighted by Crippen LogP contribution is -2.56. The summed E-state index contributed by atoms with van der Waals surface area (Å²) in [6.07, 6.45) is 3.56. The summed E-state index contributed by atoms with van der Waals surface area (Å²) in [6, 6.07) is 14.7. The molecule has 2 aromatic carbocycles. The molecule has 1 heterocycles. The van der Waals surface area contributed by atoms with Crippen LogP contribution in [0.4, 0.5) is 0 Å². The molecular formula is C27H33Cl2NO3. The van der Waals surface area contributed by atoms with Crippen LogP contribution in [0.3, 0.4) is 0 Å². The molecule has 0 saturated carbocycles. The van der Waals surface area contributed by atoms with Gasteiger partial charge in [-0.2, -0.15) is 0 Å². The Bertz CT molecular complexity index is 986. The van der Waals surface area contributed by atoms with Gasteiger partial charge in [-0.05, 0) is 61.6 Å². The molecule has 0 spiro atoms. The van der Waals surface area contributed by atoms with Gasteiger partial charge in [0.2, 0.25) is 5.91 Å². The highest BCUT2D eigenvalue weighted by atomic mass is 35.5. The first kappa shape index (κ1) is 25.8. The molecule has 0 aromatic heterocycles. The highest BCUT2D eigenvalue weighted by molar-refractivity contribution is 6.30. The minimum atomic E-state index is -1.90. The molecule has 4 nitrogen and oxygen atoms in total. The van der Waals surface area contributed by atoms with Crippen LogP contribution in [0.5, 0.6) is 0 Å². The number of rotatable bonds is 8. The standard InChI is InChI=1S/C27H33Cl2NO3/c1-5-14-26(3)17-23(19-8-7-9-21(29)15-19)24(18-10-12-20(28)13-11-18)30(25(26)31)22(6-2)16-27(4,32)33/h5,7-13,15,22-24,32-33H,1,6,14,16-17H2,2-4H3/t22-,23+,24+,26-/m0/s1. The van der Waals surface area contributed by atoms with E-state index in [1.807, 2.05) is 67.3 Å². The van der Waals surface area contributed by atoms with Crippen LogP contribution in [0.2, 0.25) is 10.0 Å². The minimum Gasteiger partial charge on any atom is -0.366 e. The third-order valence-corrected chi connectivity index (χ3v) is 7.16. The summed E-state index contributed by atoms with van der Waals surface area (Å²) < 4.78 is 0. The highest BCUT2D eigenvalue weighted by Crippen LogP contribution is 2.52. The lowest BCUT2D eigenvalue weighted by Gasteiger charge is -2.52. The summed E-state index contributed by atoms with van der Waals surface area (Å²) in [4.78, 5) is 16.0. The van der Waals surface area contributed by atoms with E-state index in [0.29, 0.717) is 29.3 Å². The van der Waals surface area contributed by atoms with Crippen molar-refractivity contribution in [2.24, 2.45) is 5.41 Å². The molecule has 1 fully saturated rings. The second-order valence-corrected chi connectivity index (χ2v) is 10.5. The topological polar surface area (TPSA) is 60.8 Å². The second kappa shape index (κ2) is 10.2. The Morgan fingerprint density at radius 1 is 1.18 bits per heavy atom. The van der Waals surface area contributed by atoms with Crippen LogP contribution >= 0.6 is 23.2 Å². The molecule has 3 rings (SSSR count). The molecule has 1 saturated heterocycles. The lowest BCUT2D eigenvalue weighted by atomic mass is 9.67. The van der Waals surface area contributed by atoms with Crippen LogP contribution in [-0.2, 0) is 4.79 Å². The predicted molar refractivity (Wildman–Crippen MR) is 134 cm³/mol. The van der Waals surface area contributed by atoms with Crippen molar-refractivity contribution in [3.05, 3.63) is 82.4 Å². The van der Waals surface area contributed by atoms with E-state index in [1.165, 1.54) is 6.92 Å². The van der Waals surface area contributed by atoms with Crippen molar-refractivity contribution in [2.45, 2.75) is 70.2 Å². The van der Waals surface area contributed by atoms with Crippen molar-refractivity contribution >= 4 is 29.1 Å². The van der Waals surface area contributed by atoms with Crippen molar-refractivity contribution < 1.29 is 15.0 Å². The number of benzene rings is 2. The Labute approximate surface area is 206 Å². The fraction of sp³-hybridized carbons (Fsp3) is 0.444. The Kier molecular flexibility index (Phi) is 7.95. The third-order valence-electron chi connectivity index (χ3n) is 6.67. The predicted octanol–water partition coefficient (Wildman–Crippen LogP) is 6.50. The maximum Gasteiger partial charge on any atom is 0.229 e. The van der Waals surface area contributed by atoms with Crippen molar-refractivity contribution in [2.75, 3.05) is 0 Å². The zero-order chi connectivity index (χ0) is 24.4. The van der Waals surface area contributed by atoms with E-state index in [1.54, 1.807) is 6.08 Å². The Balaban J connectivity index is 2.23. The first-order valence-corrected chi connectivity index (χ1v) is 12.1. The van der Waals surface area contributed by atoms with Crippen molar-refractivity contribution in [3.63, 3.8) is 0 Å². The van der Waals surface area contributed by atoms with E-state index in [2.05, 4.69) is 6.58 Å². The Morgan fingerprint density at radius 2 is 1.85 bits per heavy atom. The van der Waals surface area contributed by atoms with E-state index < -0.39 is 11.2 Å². The first-order valence-electron chi connectivity index (χ1n) is 11.4. The molecule has 1 amide bonds. The number of amides is 1. The Hall–Kier alpha value is -1.85. The van der Waals surface area contributed by atoms with E-state index >= 15 is 0 Å². The van der Waals surface area contributed by atoms with Gasteiger partial charge < -0.3 is 15.1 Å². The van der Waals surface area contributed by atoms with Crippen molar-refractivity contribution in [3.8, 4) is 0 Å². The number of likely N-dealkylation sites (tertiary alicyclic amines) is 1. The van der Waals surface area contributed by atoms with Crippen molar-refractivity contribution in [1.29, 1.82) is 0 Å². The molecule has 0 unspecified atom stereocenters. The quantitative estimate of drug-likeness (QED) is 0.328. The molecule has 4 atom stereocenters. The number of hydrogen-bond donors (Lipinski definition) is 2. The van der Waals surface area contributed by atoms with Gasteiger partial charge >= 0.3 is 0 Å². The molecule has 0 radical (unpaired) electrons. The summed E-state index contributed by atoms with van der Waals surface area (Å²) in [5.41, 5.74) is 1.32. The second-order valence-electron chi connectivity index (χ2n) is 9.61. The van der Waals surface area contributed by atoms with E-state index in [0.717, 1.165) is 11.1 Å². The normalized spacial score (nSPS) is 24.6. The van der Waals surface area contributed by atoms with E-state index in [4.69, 9.17) is 23.2 Å². The molecule has 1 aliphatic heterocycles. The number of allylic oxidation sites excluding steroid dienone is 1. The zero-order valence-corrected chi connectivity index (χ0v) is 21.0. The number of aliphatic hydroxyl groups is 2. The minimum absolute atomic E-state index is 0.00303. The van der Waals surface area contributed by atoms with Crippen LogP contribution in [0, 0.1) is 5.41 Å². The van der Waals surface area contributed by atoms with Crippen LogP contribution < -0.4 is 0 Å².